The van der Waals surface area contributed by atoms with Crippen molar-refractivity contribution < 1.29 is 4.79 Å². The summed E-state index contributed by atoms with van der Waals surface area (Å²) >= 11 is 0. The first-order chi connectivity index (χ1) is 7.77. The largest absolute Gasteiger partial charge is 0.315 e. The number of carbonyl (C=O) groups excluding carboxylic acids is 1. The fraction of sp³-hybridized carbons (Fsp3) is 0.357. The first kappa shape index (κ1) is 11.1. The monoisotopic (exact) mass is 215 g/mol. The molecular formula is C14H17NO. The van der Waals surface area contributed by atoms with Crippen molar-refractivity contribution in [2.24, 2.45) is 11.8 Å². The Balaban J connectivity index is 2.04. The predicted molar refractivity (Wildman–Crippen MR) is 66.0 cm³/mol. The highest BCUT2D eigenvalue weighted by Gasteiger charge is 2.28. The van der Waals surface area contributed by atoms with Crippen LogP contribution in [0.25, 0.3) is 6.08 Å². The van der Waals surface area contributed by atoms with Gasteiger partial charge < -0.3 is 5.32 Å². The smallest absolute Gasteiger partial charge is 0.134 e. The van der Waals surface area contributed by atoms with Crippen molar-refractivity contribution in [2.45, 2.75) is 6.92 Å². The molecule has 0 bridgehead atoms. The van der Waals surface area contributed by atoms with Gasteiger partial charge in [0.15, 0.2) is 0 Å². The van der Waals surface area contributed by atoms with Gasteiger partial charge in [0.1, 0.15) is 5.78 Å². The number of hydrogen-bond acceptors (Lipinski definition) is 2. The molecule has 1 saturated heterocycles. The fourth-order valence-corrected chi connectivity index (χ4v) is 2.15. The van der Waals surface area contributed by atoms with E-state index in [4.69, 9.17) is 0 Å². The Kier molecular flexibility index (Phi) is 3.52. The van der Waals surface area contributed by atoms with E-state index < -0.39 is 0 Å². The maximum absolute atomic E-state index is 11.4. The third-order valence-corrected chi connectivity index (χ3v) is 3.12. The van der Waals surface area contributed by atoms with Crippen LogP contribution in [0.4, 0.5) is 0 Å². The molecule has 1 heterocycles. The second-order valence-electron chi connectivity index (χ2n) is 4.31. The molecule has 1 aromatic carbocycles. The van der Waals surface area contributed by atoms with Gasteiger partial charge in [-0.25, -0.2) is 0 Å². The van der Waals surface area contributed by atoms with Gasteiger partial charge in [0.05, 0.1) is 0 Å². The molecule has 0 radical (unpaired) electrons. The van der Waals surface area contributed by atoms with E-state index in [0.717, 1.165) is 13.1 Å². The van der Waals surface area contributed by atoms with Crippen molar-refractivity contribution in [3.05, 3.63) is 42.0 Å². The highest BCUT2D eigenvalue weighted by atomic mass is 16.1. The van der Waals surface area contributed by atoms with Crippen LogP contribution in [0.15, 0.2) is 36.4 Å². The van der Waals surface area contributed by atoms with E-state index in [-0.39, 0.29) is 11.7 Å². The average molecular weight is 215 g/mol. The van der Waals surface area contributed by atoms with Crippen LogP contribution in [0, 0.1) is 11.8 Å². The summed E-state index contributed by atoms with van der Waals surface area (Å²) in [6.45, 7) is 3.41. The Morgan fingerprint density at radius 1 is 1.31 bits per heavy atom. The summed E-state index contributed by atoms with van der Waals surface area (Å²) in [6.07, 6.45) is 4.26. The Bertz CT molecular complexity index is 383. The van der Waals surface area contributed by atoms with Gasteiger partial charge in [-0.05, 0) is 12.5 Å². The second kappa shape index (κ2) is 5.08. The summed E-state index contributed by atoms with van der Waals surface area (Å²) in [5.41, 5.74) is 1.19. The van der Waals surface area contributed by atoms with E-state index in [2.05, 4.69) is 29.6 Å². The van der Waals surface area contributed by atoms with Crippen LogP contribution in [0.2, 0.25) is 0 Å². The minimum absolute atomic E-state index is 0.153. The van der Waals surface area contributed by atoms with Crippen LogP contribution < -0.4 is 5.32 Å². The third-order valence-electron chi connectivity index (χ3n) is 3.12. The van der Waals surface area contributed by atoms with Gasteiger partial charge in [-0.3, -0.25) is 4.79 Å². The number of ketones is 1. The molecule has 0 saturated carbocycles. The Hall–Kier alpha value is -1.41. The first-order valence-electron chi connectivity index (χ1n) is 5.72. The summed E-state index contributed by atoms with van der Waals surface area (Å²) in [4.78, 5) is 11.4. The zero-order chi connectivity index (χ0) is 11.4. The van der Waals surface area contributed by atoms with Crippen LogP contribution in [0.3, 0.4) is 0 Å². The van der Waals surface area contributed by atoms with Gasteiger partial charge in [0.2, 0.25) is 0 Å². The molecule has 2 unspecified atom stereocenters. The van der Waals surface area contributed by atoms with Crippen LogP contribution >= 0.6 is 0 Å². The lowest BCUT2D eigenvalue weighted by molar-refractivity contribution is -0.120. The molecule has 0 amide bonds. The molecule has 1 aliphatic rings. The summed E-state index contributed by atoms with van der Waals surface area (Å²) in [5.74, 6) is 0.783. The van der Waals surface area contributed by atoms with Crippen molar-refractivity contribution in [3.8, 4) is 0 Å². The van der Waals surface area contributed by atoms with Crippen molar-refractivity contribution in [2.75, 3.05) is 13.1 Å². The lowest BCUT2D eigenvalue weighted by Crippen LogP contribution is -2.18. The highest BCUT2D eigenvalue weighted by molar-refractivity contribution is 5.79. The third kappa shape index (κ3) is 2.58. The minimum atomic E-state index is 0.153. The SMILES string of the molecule is CC(=O)C1CNCC1C=Cc1ccccc1. The molecule has 0 spiro atoms. The number of Topliss-reactive ketones (excluding diaryl/α,β-unsaturated/α-hetero) is 1. The number of carbonyl (C=O) groups is 1. The molecule has 0 aromatic heterocycles. The molecule has 2 rings (SSSR count). The van der Waals surface area contributed by atoms with E-state index >= 15 is 0 Å². The normalized spacial score (nSPS) is 25.1. The lowest BCUT2D eigenvalue weighted by Gasteiger charge is -2.10. The lowest BCUT2D eigenvalue weighted by atomic mass is 9.92. The maximum Gasteiger partial charge on any atom is 0.134 e. The molecule has 0 aliphatic carbocycles. The van der Waals surface area contributed by atoms with Gasteiger partial charge in [-0.1, -0.05) is 42.5 Å². The maximum atomic E-state index is 11.4. The molecule has 2 atom stereocenters. The Morgan fingerprint density at radius 3 is 2.75 bits per heavy atom. The number of nitrogens with one attached hydrogen (secondary N) is 1. The summed E-state index contributed by atoms with van der Waals surface area (Å²) < 4.78 is 0. The molecule has 2 heteroatoms. The van der Waals surface area contributed by atoms with Crippen LogP contribution in [-0.2, 0) is 4.79 Å². The molecular weight excluding hydrogens is 198 g/mol. The van der Waals surface area contributed by atoms with E-state index in [1.807, 2.05) is 18.2 Å². The van der Waals surface area contributed by atoms with Crippen molar-refractivity contribution >= 4 is 11.9 Å². The second-order valence-corrected chi connectivity index (χ2v) is 4.31. The van der Waals surface area contributed by atoms with Crippen LogP contribution in [-0.4, -0.2) is 18.9 Å². The zero-order valence-electron chi connectivity index (χ0n) is 9.52. The van der Waals surface area contributed by atoms with Crippen molar-refractivity contribution in [1.82, 2.24) is 5.32 Å². The first-order valence-corrected chi connectivity index (χ1v) is 5.72. The van der Waals surface area contributed by atoms with Crippen molar-refractivity contribution in [1.29, 1.82) is 0 Å². The zero-order valence-corrected chi connectivity index (χ0v) is 9.52. The number of rotatable bonds is 3. The van der Waals surface area contributed by atoms with Gasteiger partial charge in [-0.2, -0.15) is 0 Å². The molecule has 1 aliphatic heterocycles. The molecule has 1 fully saturated rings. The Morgan fingerprint density at radius 2 is 2.06 bits per heavy atom. The number of benzene rings is 1. The summed E-state index contributed by atoms with van der Waals surface area (Å²) in [6, 6.07) is 10.2. The quantitative estimate of drug-likeness (QED) is 0.836. The molecule has 16 heavy (non-hydrogen) atoms. The Labute approximate surface area is 96.4 Å². The van der Waals surface area contributed by atoms with Gasteiger partial charge in [0.25, 0.3) is 0 Å². The predicted octanol–water partition coefficient (Wildman–Crippen LogP) is 2.12. The minimum Gasteiger partial charge on any atom is -0.315 e. The summed E-state index contributed by atoms with van der Waals surface area (Å²) in [7, 11) is 0. The van der Waals surface area contributed by atoms with Gasteiger partial charge in [-0.15, -0.1) is 0 Å². The van der Waals surface area contributed by atoms with Crippen LogP contribution in [0.1, 0.15) is 12.5 Å². The van der Waals surface area contributed by atoms with Crippen molar-refractivity contribution in [3.63, 3.8) is 0 Å². The average Bonchev–Trinajstić information content (AvgIpc) is 2.76. The fourth-order valence-electron chi connectivity index (χ4n) is 2.15. The van der Waals surface area contributed by atoms with E-state index in [9.17, 15) is 4.79 Å². The van der Waals surface area contributed by atoms with E-state index in [1.165, 1.54) is 5.56 Å². The van der Waals surface area contributed by atoms with E-state index in [1.54, 1.807) is 6.92 Å². The topological polar surface area (TPSA) is 29.1 Å². The highest BCUT2D eigenvalue weighted by Crippen LogP contribution is 2.20. The molecule has 1 aromatic rings. The molecule has 1 N–H and O–H groups in total. The van der Waals surface area contributed by atoms with Crippen LogP contribution in [0.5, 0.6) is 0 Å². The standard InChI is InChI=1S/C14H17NO/c1-11(16)14-10-15-9-13(14)8-7-12-5-3-2-4-6-12/h2-8,13-15H,9-10H2,1H3. The van der Waals surface area contributed by atoms with Gasteiger partial charge >= 0.3 is 0 Å². The summed E-state index contributed by atoms with van der Waals surface area (Å²) in [5, 5.41) is 3.27. The molecule has 84 valence electrons. The van der Waals surface area contributed by atoms with Gasteiger partial charge in [0, 0.05) is 24.9 Å². The molecule has 2 nitrogen and oxygen atoms in total. The number of hydrogen-bond donors (Lipinski definition) is 1. The van der Waals surface area contributed by atoms with E-state index in [0.29, 0.717) is 5.92 Å².